The predicted octanol–water partition coefficient (Wildman–Crippen LogP) is 5.47. The number of halogens is 2. The summed E-state index contributed by atoms with van der Waals surface area (Å²) in [5.74, 6) is -1.76. The summed E-state index contributed by atoms with van der Waals surface area (Å²) in [5.41, 5.74) is 1.32. The fourth-order valence-corrected chi connectivity index (χ4v) is 6.71. The number of amides is 1. The molecular formula is C26H31Cl2NO6S. The Hall–Kier alpha value is -2.13. The van der Waals surface area contributed by atoms with Crippen LogP contribution in [0.3, 0.4) is 0 Å². The van der Waals surface area contributed by atoms with E-state index in [0.717, 1.165) is 0 Å². The fourth-order valence-electron chi connectivity index (χ4n) is 4.77. The number of carboxylic acids is 1. The highest BCUT2D eigenvalue weighted by molar-refractivity contribution is 7.92. The molecule has 10 heteroatoms. The maximum absolute atomic E-state index is 13.8. The third-order valence-electron chi connectivity index (χ3n) is 6.67. The number of nitrogens with zero attached hydrogens (tertiary/aromatic N) is 1. The molecule has 1 aliphatic heterocycles. The molecule has 0 radical (unpaired) electrons. The van der Waals surface area contributed by atoms with Gasteiger partial charge in [0.2, 0.25) is 0 Å². The maximum Gasteiger partial charge on any atom is 0.306 e. The van der Waals surface area contributed by atoms with Crippen LogP contribution in [0.2, 0.25) is 10.0 Å². The minimum atomic E-state index is -3.60. The SMILES string of the molecule is CC[C@@H]([C@@H](C)S(=O)(=O)C(C)C)N1C(=O)[C@@H](CC(=O)O)O[C@H](c2cccc(Cl)c2)[C@H]1c1ccc(Cl)cc1. The number of carboxylic acid groups (broad SMARTS) is 1. The fraction of sp³-hybridized carbons (Fsp3) is 0.462. The first kappa shape index (κ1) is 28.4. The summed E-state index contributed by atoms with van der Waals surface area (Å²) in [6.07, 6.45) is -2.31. The molecule has 5 atom stereocenters. The first-order chi connectivity index (χ1) is 16.9. The van der Waals surface area contributed by atoms with E-state index < -0.39 is 62.9 Å². The Morgan fingerprint density at radius 2 is 1.69 bits per heavy atom. The number of carbonyl (C=O) groups excluding carboxylic acids is 1. The first-order valence-electron chi connectivity index (χ1n) is 11.8. The van der Waals surface area contributed by atoms with Crippen LogP contribution in [0.5, 0.6) is 0 Å². The lowest BCUT2D eigenvalue weighted by Crippen LogP contribution is -2.59. The molecule has 1 saturated heterocycles. The van der Waals surface area contributed by atoms with E-state index in [1.165, 1.54) is 4.90 Å². The number of carbonyl (C=O) groups is 2. The van der Waals surface area contributed by atoms with Crippen LogP contribution < -0.4 is 0 Å². The van der Waals surface area contributed by atoms with Crippen LogP contribution in [0.15, 0.2) is 48.5 Å². The molecule has 2 aromatic carbocycles. The molecular weight excluding hydrogens is 525 g/mol. The molecule has 1 N–H and O–H groups in total. The van der Waals surface area contributed by atoms with Gasteiger partial charge in [-0.05, 0) is 62.6 Å². The van der Waals surface area contributed by atoms with E-state index >= 15 is 0 Å². The van der Waals surface area contributed by atoms with Crippen molar-refractivity contribution < 1.29 is 27.9 Å². The van der Waals surface area contributed by atoms with Crippen molar-refractivity contribution in [3.8, 4) is 0 Å². The van der Waals surface area contributed by atoms with Crippen LogP contribution in [-0.4, -0.2) is 52.9 Å². The molecule has 0 saturated carbocycles. The van der Waals surface area contributed by atoms with E-state index in [9.17, 15) is 23.1 Å². The zero-order chi connectivity index (χ0) is 26.8. The summed E-state index contributed by atoms with van der Waals surface area (Å²) in [7, 11) is -3.60. The Morgan fingerprint density at radius 3 is 2.22 bits per heavy atom. The van der Waals surface area contributed by atoms with Gasteiger partial charge in [0.25, 0.3) is 5.91 Å². The number of ether oxygens (including phenoxy) is 1. The Labute approximate surface area is 222 Å². The number of hydrogen-bond donors (Lipinski definition) is 1. The third-order valence-corrected chi connectivity index (χ3v) is 9.82. The van der Waals surface area contributed by atoms with Gasteiger partial charge in [0.1, 0.15) is 12.2 Å². The largest absolute Gasteiger partial charge is 0.481 e. The van der Waals surface area contributed by atoms with Gasteiger partial charge in [0.05, 0.1) is 23.0 Å². The van der Waals surface area contributed by atoms with Crippen LogP contribution in [-0.2, 0) is 24.2 Å². The molecule has 1 fully saturated rings. The van der Waals surface area contributed by atoms with Crippen LogP contribution >= 0.6 is 23.2 Å². The van der Waals surface area contributed by atoms with E-state index in [1.54, 1.807) is 69.3 Å². The average Bonchev–Trinajstić information content (AvgIpc) is 2.81. The summed E-state index contributed by atoms with van der Waals surface area (Å²) in [6, 6.07) is 12.4. The minimum absolute atomic E-state index is 0.338. The third kappa shape index (κ3) is 5.88. The molecule has 1 amide bonds. The van der Waals surface area contributed by atoms with Crippen LogP contribution in [0.4, 0.5) is 0 Å². The maximum atomic E-state index is 13.8. The second kappa shape index (κ2) is 11.5. The van der Waals surface area contributed by atoms with Crippen molar-refractivity contribution in [2.24, 2.45) is 0 Å². The van der Waals surface area contributed by atoms with E-state index in [4.69, 9.17) is 27.9 Å². The van der Waals surface area contributed by atoms with Gasteiger partial charge in [-0.3, -0.25) is 9.59 Å². The van der Waals surface area contributed by atoms with Crippen molar-refractivity contribution >= 4 is 44.9 Å². The molecule has 7 nitrogen and oxygen atoms in total. The zero-order valence-electron chi connectivity index (χ0n) is 20.6. The Bertz CT molecular complexity index is 1200. The molecule has 2 aromatic rings. The minimum Gasteiger partial charge on any atom is -0.481 e. The van der Waals surface area contributed by atoms with Crippen molar-refractivity contribution in [3.05, 3.63) is 69.7 Å². The molecule has 0 aliphatic carbocycles. The highest BCUT2D eigenvalue weighted by atomic mass is 35.5. The van der Waals surface area contributed by atoms with Gasteiger partial charge in [-0.15, -0.1) is 0 Å². The van der Waals surface area contributed by atoms with E-state index in [2.05, 4.69) is 0 Å². The molecule has 196 valence electrons. The van der Waals surface area contributed by atoms with Gasteiger partial charge in [0, 0.05) is 16.1 Å². The van der Waals surface area contributed by atoms with E-state index in [0.29, 0.717) is 27.6 Å². The monoisotopic (exact) mass is 555 g/mol. The number of aliphatic carboxylic acids is 1. The van der Waals surface area contributed by atoms with Gasteiger partial charge in [-0.25, -0.2) is 8.42 Å². The Kier molecular flexibility index (Phi) is 9.09. The second-order valence-electron chi connectivity index (χ2n) is 9.26. The predicted molar refractivity (Wildman–Crippen MR) is 140 cm³/mol. The van der Waals surface area contributed by atoms with Crippen molar-refractivity contribution in [2.75, 3.05) is 0 Å². The lowest BCUT2D eigenvalue weighted by Gasteiger charge is -2.49. The molecule has 1 aliphatic rings. The Balaban J connectivity index is 2.25. The molecule has 36 heavy (non-hydrogen) atoms. The molecule has 1 heterocycles. The number of morpholine rings is 1. The zero-order valence-corrected chi connectivity index (χ0v) is 22.9. The summed E-state index contributed by atoms with van der Waals surface area (Å²) in [6.45, 7) is 6.64. The number of benzene rings is 2. The van der Waals surface area contributed by atoms with Crippen LogP contribution in [0.25, 0.3) is 0 Å². The summed E-state index contributed by atoms with van der Waals surface area (Å²) in [5, 5.41) is 8.91. The van der Waals surface area contributed by atoms with Gasteiger partial charge in [-0.2, -0.15) is 0 Å². The highest BCUT2D eigenvalue weighted by Crippen LogP contribution is 2.45. The van der Waals surface area contributed by atoms with Crippen LogP contribution in [0.1, 0.15) is 63.8 Å². The van der Waals surface area contributed by atoms with Gasteiger partial charge >= 0.3 is 5.97 Å². The molecule has 0 bridgehead atoms. The molecule has 0 spiro atoms. The van der Waals surface area contributed by atoms with Crippen molar-refractivity contribution in [1.29, 1.82) is 0 Å². The Morgan fingerprint density at radius 1 is 1.06 bits per heavy atom. The number of hydrogen-bond acceptors (Lipinski definition) is 5. The standard InChI is InChI=1S/C26H31Cl2NO6S/c1-5-21(16(4)36(33,34)15(2)3)29-24(17-9-11-19(27)12-10-17)25(18-7-6-8-20(28)13-18)35-22(26(29)32)14-23(30)31/h6-13,15-16,21-22,24-25H,5,14H2,1-4H3,(H,30,31)/t16-,21+,22-,24-,25-/m1/s1. The number of sulfone groups is 1. The normalized spacial score (nSPS) is 22.5. The van der Waals surface area contributed by atoms with E-state index in [-0.39, 0.29) is 0 Å². The molecule has 0 aromatic heterocycles. The molecule has 0 unspecified atom stereocenters. The summed E-state index contributed by atoms with van der Waals surface area (Å²) in [4.78, 5) is 27.0. The van der Waals surface area contributed by atoms with Gasteiger partial charge in [0.15, 0.2) is 9.84 Å². The lowest BCUT2D eigenvalue weighted by molar-refractivity contribution is -0.183. The van der Waals surface area contributed by atoms with Crippen LogP contribution in [0, 0.1) is 0 Å². The van der Waals surface area contributed by atoms with E-state index in [1.807, 2.05) is 6.92 Å². The smallest absolute Gasteiger partial charge is 0.306 e. The average molecular weight is 557 g/mol. The van der Waals surface area contributed by atoms with Gasteiger partial charge in [-0.1, -0.05) is 54.4 Å². The van der Waals surface area contributed by atoms with Crippen molar-refractivity contribution in [2.45, 2.75) is 75.3 Å². The highest BCUT2D eigenvalue weighted by Gasteiger charge is 2.49. The second-order valence-corrected chi connectivity index (χ2v) is 13.0. The molecule has 3 rings (SSSR count). The van der Waals surface area contributed by atoms with Crippen molar-refractivity contribution in [1.82, 2.24) is 4.90 Å². The van der Waals surface area contributed by atoms with Crippen molar-refractivity contribution in [3.63, 3.8) is 0 Å². The topological polar surface area (TPSA) is 101 Å². The first-order valence-corrected chi connectivity index (χ1v) is 14.2. The number of rotatable bonds is 9. The van der Waals surface area contributed by atoms with Gasteiger partial charge < -0.3 is 14.7 Å². The summed E-state index contributed by atoms with van der Waals surface area (Å²) < 4.78 is 32.6. The summed E-state index contributed by atoms with van der Waals surface area (Å²) >= 11 is 12.4. The quantitative estimate of drug-likeness (QED) is 0.440. The lowest BCUT2D eigenvalue weighted by atomic mass is 9.89.